The highest BCUT2D eigenvalue weighted by Crippen LogP contribution is 2.24. The molecule has 0 amide bonds. The Bertz CT molecular complexity index is 803. The van der Waals surface area contributed by atoms with Gasteiger partial charge in [0.25, 0.3) is 0 Å². The first kappa shape index (κ1) is 15.3. The molecule has 0 saturated carbocycles. The van der Waals surface area contributed by atoms with E-state index in [4.69, 9.17) is 13.9 Å². The van der Waals surface area contributed by atoms with Gasteiger partial charge in [-0.25, -0.2) is 4.79 Å². The van der Waals surface area contributed by atoms with Gasteiger partial charge in [-0.15, -0.1) is 0 Å². The summed E-state index contributed by atoms with van der Waals surface area (Å²) in [4.78, 5) is 23.6. The standard InChI is InChI=1S/C18H18O5/c1-21-14-6-7-15-13(9-18(20)23-16(15)10-14)11-22-17(19)8-12-4-2-3-5-12/h2,4,6-7,9-10,12H,3,5,8,11H2,1H3/t12-/m0/s1. The molecule has 23 heavy (non-hydrogen) atoms. The normalized spacial score (nSPS) is 16.7. The summed E-state index contributed by atoms with van der Waals surface area (Å²) in [5.41, 5.74) is 0.575. The summed E-state index contributed by atoms with van der Waals surface area (Å²) in [6.45, 7) is 0.0592. The van der Waals surface area contributed by atoms with Crippen LogP contribution in [0.4, 0.5) is 0 Å². The van der Waals surface area contributed by atoms with Crippen LogP contribution < -0.4 is 10.4 Å². The lowest BCUT2D eigenvalue weighted by atomic mass is 10.1. The van der Waals surface area contributed by atoms with Gasteiger partial charge in [0, 0.05) is 23.1 Å². The smallest absolute Gasteiger partial charge is 0.336 e. The number of hydrogen-bond acceptors (Lipinski definition) is 5. The van der Waals surface area contributed by atoms with Gasteiger partial charge in [0.05, 0.1) is 13.5 Å². The Hall–Kier alpha value is -2.56. The molecule has 0 radical (unpaired) electrons. The third kappa shape index (κ3) is 3.62. The molecule has 0 bridgehead atoms. The van der Waals surface area contributed by atoms with E-state index in [-0.39, 0.29) is 18.5 Å². The van der Waals surface area contributed by atoms with E-state index in [2.05, 4.69) is 12.2 Å². The number of carbonyl (C=O) groups is 1. The van der Waals surface area contributed by atoms with Crippen LogP contribution in [0, 0.1) is 5.92 Å². The summed E-state index contributed by atoms with van der Waals surface area (Å²) in [5, 5.41) is 0.735. The van der Waals surface area contributed by atoms with Crippen molar-refractivity contribution >= 4 is 16.9 Å². The summed E-state index contributed by atoms with van der Waals surface area (Å²) in [6, 6.07) is 6.57. The van der Waals surface area contributed by atoms with Crippen LogP contribution in [-0.4, -0.2) is 13.1 Å². The van der Waals surface area contributed by atoms with Crippen LogP contribution in [0.1, 0.15) is 24.8 Å². The molecule has 0 aliphatic heterocycles. The largest absolute Gasteiger partial charge is 0.497 e. The van der Waals surface area contributed by atoms with Gasteiger partial charge in [0.2, 0.25) is 0 Å². The molecule has 1 heterocycles. The molecule has 0 N–H and O–H groups in total. The minimum absolute atomic E-state index is 0.0592. The number of fused-ring (bicyclic) bond motifs is 1. The van der Waals surface area contributed by atoms with Gasteiger partial charge in [-0.1, -0.05) is 12.2 Å². The van der Waals surface area contributed by atoms with E-state index in [1.807, 2.05) is 0 Å². The number of rotatable bonds is 5. The van der Waals surface area contributed by atoms with Crippen molar-refractivity contribution in [2.24, 2.45) is 5.92 Å². The average molecular weight is 314 g/mol. The van der Waals surface area contributed by atoms with Crippen molar-refractivity contribution in [3.05, 3.63) is 52.4 Å². The van der Waals surface area contributed by atoms with E-state index in [9.17, 15) is 9.59 Å². The minimum atomic E-state index is -0.476. The van der Waals surface area contributed by atoms with Crippen LogP contribution in [0.3, 0.4) is 0 Å². The second kappa shape index (κ2) is 6.69. The van der Waals surface area contributed by atoms with Crippen LogP contribution in [0.25, 0.3) is 11.0 Å². The average Bonchev–Trinajstić information content (AvgIpc) is 3.04. The summed E-state index contributed by atoms with van der Waals surface area (Å²) >= 11 is 0. The summed E-state index contributed by atoms with van der Waals surface area (Å²) in [7, 11) is 1.54. The highest BCUT2D eigenvalue weighted by Gasteiger charge is 2.16. The van der Waals surface area contributed by atoms with Crippen molar-refractivity contribution in [3.8, 4) is 5.75 Å². The van der Waals surface area contributed by atoms with Crippen molar-refractivity contribution in [1.29, 1.82) is 0 Å². The van der Waals surface area contributed by atoms with Gasteiger partial charge in [0.15, 0.2) is 0 Å². The lowest BCUT2D eigenvalue weighted by Gasteiger charge is -2.10. The first-order valence-corrected chi connectivity index (χ1v) is 7.59. The van der Waals surface area contributed by atoms with E-state index in [1.165, 1.54) is 6.07 Å². The zero-order valence-corrected chi connectivity index (χ0v) is 12.9. The fourth-order valence-corrected chi connectivity index (χ4v) is 2.75. The van der Waals surface area contributed by atoms with Crippen LogP contribution in [0.2, 0.25) is 0 Å². The molecule has 5 heteroatoms. The quantitative estimate of drug-likeness (QED) is 0.482. The monoisotopic (exact) mass is 314 g/mol. The molecular weight excluding hydrogens is 296 g/mol. The molecule has 1 atom stereocenters. The van der Waals surface area contributed by atoms with Crippen molar-refractivity contribution in [2.45, 2.75) is 25.9 Å². The Morgan fingerprint density at radius 1 is 1.35 bits per heavy atom. The van der Waals surface area contributed by atoms with E-state index < -0.39 is 5.63 Å². The van der Waals surface area contributed by atoms with Crippen molar-refractivity contribution in [2.75, 3.05) is 7.11 Å². The SMILES string of the molecule is COc1ccc2c(COC(=O)C[C@H]3C=CCC3)cc(=O)oc2c1. The zero-order valence-electron chi connectivity index (χ0n) is 12.9. The summed E-state index contributed by atoms with van der Waals surface area (Å²) in [5.74, 6) is 0.614. The Balaban J connectivity index is 1.75. The first-order chi connectivity index (χ1) is 11.2. The number of ether oxygens (including phenoxy) is 2. The van der Waals surface area contributed by atoms with Crippen molar-refractivity contribution in [1.82, 2.24) is 0 Å². The Morgan fingerprint density at radius 2 is 2.22 bits per heavy atom. The van der Waals surface area contributed by atoms with E-state index in [1.54, 1.807) is 25.3 Å². The maximum absolute atomic E-state index is 11.9. The van der Waals surface area contributed by atoms with E-state index in [0.717, 1.165) is 18.2 Å². The predicted octanol–water partition coefficient (Wildman–Crippen LogP) is 3.20. The molecule has 1 aromatic carbocycles. The van der Waals surface area contributed by atoms with E-state index in [0.29, 0.717) is 23.3 Å². The van der Waals surface area contributed by atoms with Gasteiger partial charge >= 0.3 is 11.6 Å². The molecule has 1 aliphatic rings. The number of carbonyl (C=O) groups excluding carboxylic acids is 1. The number of benzene rings is 1. The second-order valence-corrected chi connectivity index (χ2v) is 5.58. The molecule has 2 aromatic rings. The van der Waals surface area contributed by atoms with Gasteiger partial charge in [0.1, 0.15) is 17.9 Å². The summed E-state index contributed by atoms with van der Waals surface area (Å²) in [6.07, 6.45) is 6.53. The van der Waals surface area contributed by atoms with Gasteiger partial charge in [-0.05, 0) is 30.9 Å². The fourth-order valence-electron chi connectivity index (χ4n) is 2.75. The molecule has 120 valence electrons. The fraction of sp³-hybridized carbons (Fsp3) is 0.333. The third-order valence-corrected chi connectivity index (χ3v) is 3.97. The molecule has 1 aromatic heterocycles. The molecule has 3 rings (SSSR count). The lowest BCUT2D eigenvalue weighted by molar-refractivity contribution is -0.145. The maximum atomic E-state index is 11.9. The number of allylic oxidation sites excluding steroid dienone is 2. The molecule has 0 spiro atoms. The minimum Gasteiger partial charge on any atom is -0.497 e. The van der Waals surface area contributed by atoms with Crippen LogP contribution in [0.5, 0.6) is 5.75 Å². The maximum Gasteiger partial charge on any atom is 0.336 e. The molecule has 0 unspecified atom stereocenters. The molecular formula is C18H18O5. The lowest BCUT2D eigenvalue weighted by Crippen LogP contribution is -2.10. The van der Waals surface area contributed by atoms with Crippen LogP contribution in [-0.2, 0) is 16.1 Å². The Labute approximate surface area is 133 Å². The van der Waals surface area contributed by atoms with Crippen LogP contribution >= 0.6 is 0 Å². The third-order valence-electron chi connectivity index (χ3n) is 3.97. The predicted molar refractivity (Wildman–Crippen MR) is 85.3 cm³/mol. The number of esters is 1. The first-order valence-electron chi connectivity index (χ1n) is 7.59. The Morgan fingerprint density at radius 3 is 2.96 bits per heavy atom. The van der Waals surface area contributed by atoms with Gasteiger partial charge in [-0.2, -0.15) is 0 Å². The van der Waals surface area contributed by atoms with Gasteiger partial charge < -0.3 is 13.9 Å². The topological polar surface area (TPSA) is 65.7 Å². The Kier molecular flexibility index (Phi) is 4.46. The summed E-state index contributed by atoms with van der Waals surface area (Å²) < 4.78 is 15.6. The second-order valence-electron chi connectivity index (χ2n) is 5.58. The van der Waals surface area contributed by atoms with E-state index >= 15 is 0 Å². The van der Waals surface area contributed by atoms with Crippen molar-refractivity contribution in [3.63, 3.8) is 0 Å². The highest BCUT2D eigenvalue weighted by atomic mass is 16.5. The molecule has 5 nitrogen and oxygen atoms in total. The van der Waals surface area contributed by atoms with Crippen LogP contribution in [0.15, 0.2) is 45.6 Å². The zero-order chi connectivity index (χ0) is 16.2. The number of hydrogen-bond donors (Lipinski definition) is 0. The molecule has 0 saturated heterocycles. The van der Waals surface area contributed by atoms with Gasteiger partial charge in [-0.3, -0.25) is 4.79 Å². The number of methoxy groups -OCH3 is 1. The van der Waals surface area contributed by atoms with Crippen molar-refractivity contribution < 1.29 is 18.7 Å². The molecule has 0 fully saturated rings. The highest BCUT2D eigenvalue weighted by molar-refractivity contribution is 5.81. The molecule has 1 aliphatic carbocycles.